The van der Waals surface area contributed by atoms with Gasteiger partial charge in [0.05, 0.1) is 12.1 Å². The Labute approximate surface area is 65.7 Å². The van der Waals surface area contributed by atoms with Crippen molar-refractivity contribution in [1.29, 1.82) is 0 Å². The summed E-state index contributed by atoms with van der Waals surface area (Å²) in [5.74, 6) is 0.994. The number of rotatable bonds is 1. The molecule has 0 spiro atoms. The highest BCUT2D eigenvalue weighted by atomic mass is 16.3. The minimum Gasteiger partial charge on any atom is -0.391 e. The molecule has 1 aliphatic carbocycles. The van der Waals surface area contributed by atoms with Crippen LogP contribution < -0.4 is 0 Å². The lowest BCUT2D eigenvalue weighted by atomic mass is 9.89. The normalized spacial score (nSPS) is 30.0. The van der Waals surface area contributed by atoms with E-state index in [0.717, 1.165) is 18.7 Å². The molecule has 0 radical (unpaired) electrons. The minimum absolute atomic E-state index is 0.150. The Kier molecular flexibility index (Phi) is 1.46. The van der Waals surface area contributed by atoms with Crippen molar-refractivity contribution in [2.45, 2.75) is 31.9 Å². The van der Waals surface area contributed by atoms with Crippen LogP contribution in [0, 0.1) is 6.92 Å². The highest BCUT2D eigenvalue weighted by Crippen LogP contribution is 2.32. The van der Waals surface area contributed by atoms with Gasteiger partial charge in [-0.1, -0.05) is 0 Å². The van der Waals surface area contributed by atoms with Crippen molar-refractivity contribution in [3.63, 3.8) is 0 Å². The zero-order valence-corrected chi connectivity index (χ0v) is 6.57. The lowest BCUT2D eigenvalue weighted by Crippen LogP contribution is -2.33. The molecule has 11 heavy (non-hydrogen) atoms. The molecule has 1 N–H and O–H groups in total. The summed E-state index contributed by atoms with van der Waals surface area (Å²) in [5, 5.41) is 9.36. The first-order valence-electron chi connectivity index (χ1n) is 3.96. The maximum absolute atomic E-state index is 9.36. The van der Waals surface area contributed by atoms with Gasteiger partial charge in [-0.15, -0.1) is 0 Å². The second-order valence-electron chi connectivity index (χ2n) is 3.09. The van der Waals surface area contributed by atoms with Crippen LogP contribution in [0.4, 0.5) is 0 Å². The van der Waals surface area contributed by atoms with Crippen molar-refractivity contribution in [3.8, 4) is 0 Å². The molecule has 60 valence electrons. The van der Waals surface area contributed by atoms with Gasteiger partial charge in [0.25, 0.3) is 0 Å². The largest absolute Gasteiger partial charge is 0.391 e. The monoisotopic (exact) mass is 152 g/mol. The van der Waals surface area contributed by atoms with Crippen molar-refractivity contribution in [2.75, 3.05) is 0 Å². The Morgan fingerprint density at radius 2 is 2.45 bits per heavy atom. The second-order valence-corrected chi connectivity index (χ2v) is 3.09. The molecule has 1 aliphatic rings. The van der Waals surface area contributed by atoms with E-state index >= 15 is 0 Å². The average Bonchev–Trinajstić information content (AvgIpc) is 2.34. The Balaban J connectivity index is 2.22. The molecule has 1 saturated carbocycles. The molecule has 0 amide bonds. The Hall–Kier alpha value is -0.830. The summed E-state index contributed by atoms with van der Waals surface area (Å²) in [4.78, 5) is 4.11. The summed E-state index contributed by atoms with van der Waals surface area (Å²) in [5.41, 5.74) is 0. The van der Waals surface area contributed by atoms with E-state index in [1.165, 1.54) is 0 Å². The zero-order valence-electron chi connectivity index (χ0n) is 6.57. The van der Waals surface area contributed by atoms with E-state index < -0.39 is 0 Å². The number of nitrogens with zero attached hydrogens (tertiary/aromatic N) is 2. The summed E-state index contributed by atoms with van der Waals surface area (Å²) >= 11 is 0. The number of aryl methyl sites for hydroxylation is 1. The number of aliphatic hydroxyl groups is 1. The molecular formula is C8H12N2O. The molecular weight excluding hydrogens is 140 g/mol. The van der Waals surface area contributed by atoms with Gasteiger partial charge in [-0.3, -0.25) is 0 Å². The smallest absolute Gasteiger partial charge is 0.105 e. The molecule has 0 unspecified atom stereocenters. The summed E-state index contributed by atoms with van der Waals surface area (Å²) in [6.45, 7) is 1.96. The summed E-state index contributed by atoms with van der Waals surface area (Å²) < 4.78 is 2.05. The van der Waals surface area contributed by atoms with Crippen molar-refractivity contribution in [3.05, 3.63) is 18.2 Å². The third-order valence-electron chi connectivity index (χ3n) is 2.42. The first-order valence-corrected chi connectivity index (χ1v) is 3.96. The fourth-order valence-electron chi connectivity index (χ4n) is 1.53. The second kappa shape index (κ2) is 2.34. The van der Waals surface area contributed by atoms with E-state index in [0.29, 0.717) is 0 Å². The number of aromatic nitrogens is 2. The van der Waals surface area contributed by atoms with E-state index in [1.54, 1.807) is 6.20 Å². The Morgan fingerprint density at radius 3 is 2.82 bits per heavy atom. The molecule has 1 aromatic heterocycles. The van der Waals surface area contributed by atoms with Gasteiger partial charge in [-0.05, 0) is 19.8 Å². The molecule has 2 atom stereocenters. The van der Waals surface area contributed by atoms with Gasteiger partial charge in [0.2, 0.25) is 0 Å². The third-order valence-corrected chi connectivity index (χ3v) is 2.42. The molecule has 0 aliphatic heterocycles. The first kappa shape index (κ1) is 6.85. The van der Waals surface area contributed by atoms with Crippen LogP contribution in [0.15, 0.2) is 12.4 Å². The predicted molar refractivity (Wildman–Crippen MR) is 41.2 cm³/mol. The van der Waals surface area contributed by atoms with Gasteiger partial charge in [-0.2, -0.15) is 0 Å². The van der Waals surface area contributed by atoms with Gasteiger partial charge in [0.15, 0.2) is 0 Å². The van der Waals surface area contributed by atoms with Gasteiger partial charge >= 0.3 is 0 Å². The maximum atomic E-state index is 9.36. The van der Waals surface area contributed by atoms with Crippen molar-refractivity contribution >= 4 is 0 Å². The predicted octanol–water partition coefficient (Wildman–Crippen LogP) is 0.887. The molecule has 1 heterocycles. The van der Waals surface area contributed by atoms with E-state index in [1.807, 2.05) is 17.7 Å². The molecule has 0 bridgehead atoms. The lowest BCUT2D eigenvalue weighted by Gasteiger charge is -2.34. The number of aliphatic hydroxyl groups excluding tert-OH is 1. The summed E-state index contributed by atoms with van der Waals surface area (Å²) in [7, 11) is 0. The van der Waals surface area contributed by atoms with Gasteiger partial charge in [0, 0.05) is 12.4 Å². The van der Waals surface area contributed by atoms with Crippen LogP contribution >= 0.6 is 0 Å². The van der Waals surface area contributed by atoms with Crippen LogP contribution in [-0.2, 0) is 0 Å². The van der Waals surface area contributed by atoms with E-state index in [9.17, 15) is 5.11 Å². The average molecular weight is 152 g/mol. The third kappa shape index (κ3) is 0.959. The SMILES string of the molecule is Cc1nccn1[C@@H]1CC[C@H]1O. The molecule has 1 aromatic rings. The molecule has 3 heteroatoms. The molecule has 2 rings (SSSR count). The van der Waals surface area contributed by atoms with Crippen LogP contribution in [-0.4, -0.2) is 20.8 Å². The molecule has 1 fully saturated rings. The van der Waals surface area contributed by atoms with E-state index in [2.05, 4.69) is 4.98 Å². The van der Waals surface area contributed by atoms with Crippen LogP contribution in [0.2, 0.25) is 0 Å². The maximum Gasteiger partial charge on any atom is 0.105 e. The van der Waals surface area contributed by atoms with Gasteiger partial charge in [-0.25, -0.2) is 4.98 Å². The molecule has 3 nitrogen and oxygen atoms in total. The topological polar surface area (TPSA) is 38.0 Å². The van der Waals surface area contributed by atoms with Gasteiger partial charge in [0.1, 0.15) is 5.82 Å². The van der Waals surface area contributed by atoms with E-state index in [4.69, 9.17) is 0 Å². The standard InChI is InChI=1S/C8H12N2O/c1-6-9-4-5-10(6)7-2-3-8(7)11/h4-5,7-8,11H,2-3H2,1H3/t7-,8-/m1/s1. The van der Waals surface area contributed by atoms with Crippen molar-refractivity contribution < 1.29 is 5.11 Å². The highest BCUT2D eigenvalue weighted by molar-refractivity contribution is 4.97. The molecule has 0 saturated heterocycles. The fraction of sp³-hybridized carbons (Fsp3) is 0.625. The quantitative estimate of drug-likeness (QED) is 0.649. The van der Waals surface area contributed by atoms with Crippen molar-refractivity contribution in [1.82, 2.24) is 9.55 Å². The van der Waals surface area contributed by atoms with Crippen LogP contribution in [0.3, 0.4) is 0 Å². The van der Waals surface area contributed by atoms with Crippen molar-refractivity contribution in [2.24, 2.45) is 0 Å². The minimum atomic E-state index is -0.150. The number of hydrogen-bond acceptors (Lipinski definition) is 2. The first-order chi connectivity index (χ1) is 5.29. The molecule has 0 aromatic carbocycles. The summed E-state index contributed by atoms with van der Waals surface area (Å²) in [6.07, 6.45) is 5.58. The Bertz CT molecular complexity index is 256. The highest BCUT2D eigenvalue weighted by Gasteiger charge is 2.30. The zero-order chi connectivity index (χ0) is 7.84. The van der Waals surface area contributed by atoms with Crippen LogP contribution in [0.25, 0.3) is 0 Å². The van der Waals surface area contributed by atoms with E-state index in [-0.39, 0.29) is 12.1 Å². The van der Waals surface area contributed by atoms with Crippen LogP contribution in [0.1, 0.15) is 24.7 Å². The lowest BCUT2D eigenvalue weighted by molar-refractivity contribution is 0.0306. The van der Waals surface area contributed by atoms with Gasteiger partial charge < -0.3 is 9.67 Å². The summed E-state index contributed by atoms with van der Waals surface area (Å²) in [6, 6.07) is 0.289. The number of imidazole rings is 1. The van der Waals surface area contributed by atoms with Crippen LogP contribution in [0.5, 0.6) is 0 Å². The Morgan fingerprint density at radius 1 is 1.64 bits per heavy atom. The fourth-order valence-corrected chi connectivity index (χ4v) is 1.53. The number of hydrogen-bond donors (Lipinski definition) is 1.